The molecule has 1 aliphatic heterocycles. The number of nitrogens with two attached hydrogens (primary N) is 1. The van der Waals surface area contributed by atoms with Crippen molar-refractivity contribution in [2.45, 2.75) is 45.2 Å². The lowest BCUT2D eigenvalue weighted by molar-refractivity contribution is 0.646. The van der Waals surface area contributed by atoms with E-state index >= 15 is 0 Å². The van der Waals surface area contributed by atoms with Crippen molar-refractivity contribution in [3.8, 4) is 0 Å². The summed E-state index contributed by atoms with van der Waals surface area (Å²) in [5.74, 6) is 2.57. The fourth-order valence-corrected chi connectivity index (χ4v) is 3.98. The van der Waals surface area contributed by atoms with Crippen molar-refractivity contribution in [1.29, 1.82) is 0 Å². The predicted octanol–water partition coefficient (Wildman–Crippen LogP) is 3.22. The van der Waals surface area contributed by atoms with Gasteiger partial charge in [-0.3, -0.25) is 0 Å². The van der Waals surface area contributed by atoms with E-state index in [-0.39, 0.29) is 6.04 Å². The van der Waals surface area contributed by atoms with Gasteiger partial charge in [0.05, 0.1) is 0 Å². The number of benzene rings is 1. The van der Waals surface area contributed by atoms with Crippen molar-refractivity contribution in [2.75, 3.05) is 23.5 Å². The normalized spacial score (nSPS) is 20.5. The van der Waals surface area contributed by atoms with Crippen molar-refractivity contribution in [3.05, 3.63) is 29.3 Å². The minimum Gasteiger partial charge on any atom is -0.371 e. The molecule has 0 saturated carbocycles. The number of anilines is 1. The maximum Gasteiger partial charge on any atom is 0.0396 e. The summed E-state index contributed by atoms with van der Waals surface area (Å²) in [6.45, 7) is 4.37. The maximum absolute atomic E-state index is 6.04. The first-order chi connectivity index (χ1) is 9.11. The molecule has 1 aliphatic rings. The fourth-order valence-electron chi connectivity index (χ4n) is 2.71. The van der Waals surface area contributed by atoms with Crippen LogP contribution in [-0.2, 0) is 6.42 Å². The number of hydrogen-bond acceptors (Lipinski definition) is 3. The fraction of sp³-hybridized carbons (Fsp3) is 0.625. The van der Waals surface area contributed by atoms with Gasteiger partial charge in [0.1, 0.15) is 0 Å². The minimum atomic E-state index is 0.286. The van der Waals surface area contributed by atoms with Crippen LogP contribution in [0.25, 0.3) is 0 Å². The predicted molar refractivity (Wildman–Crippen MR) is 87.3 cm³/mol. The lowest BCUT2D eigenvalue weighted by atomic mass is 10.0. The molecule has 1 fully saturated rings. The Morgan fingerprint density at radius 2 is 2.26 bits per heavy atom. The molecule has 1 saturated heterocycles. The zero-order valence-electron chi connectivity index (χ0n) is 12.4. The van der Waals surface area contributed by atoms with Gasteiger partial charge >= 0.3 is 0 Å². The second kappa shape index (κ2) is 6.67. The van der Waals surface area contributed by atoms with Crippen LogP contribution in [0.2, 0.25) is 0 Å². The van der Waals surface area contributed by atoms with Gasteiger partial charge in [-0.1, -0.05) is 19.1 Å². The van der Waals surface area contributed by atoms with E-state index in [4.69, 9.17) is 5.73 Å². The molecular formula is C16H26N2S. The zero-order valence-corrected chi connectivity index (χ0v) is 13.2. The molecule has 0 bridgehead atoms. The van der Waals surface area contributed by atoms with Gasteiger partial charge in [0.2, 0.25) is 0 Å². The second-order valence-corrected chi connectivity index (χ2v) is 6.77. The molecule has 1 heterocycles. The van der Waals surface area contributed by atoms with Crippen LogP contribution in [0.4, 0.5) is 5.69 Å². The van der Waals surface area contributed by atoms with Gasteiger partial charge in [-0.2, -0.15) is 11.8 Å². The molecule has 2 rings (SSSR count). The smallest absolute Gasteiger partial charge is 0.0396 e. The molecule has 0 radical (unpaired) electrons. The summed E-state index contributed by atoms with van der Waals surface area (Å²) in [5.41, 5.74) is 10.2. The standard InChI is InChI=1S/C16H26N2S/c1-4-14(17)10-13-5-6-16(12(2)9-13)18(3)15-7-8-19-11-15/h5-6,9,14-15H,4,7-8,10-11,17H2,1-3H3. The Hall–Kier alpha value is -0.670. The van der Waals surface area contributed by atoms with Crippen molar-refractivity contribution < 1.29 is 0 Å². The molecule has 0 aromatic heterocycles. The van der Waals surface area contributed by atoms with Gasteiger partial charge in [-0.05, 0) is 49.1 Å². The Labute approximate surface area is 121 Å². The summed E-state index contributed by atoms with van der Waals surface area (Å²) in [6.07, 6.45) is 3.34. The molecule has 2 N–H and O–H groups in total. The Morgan fingerprint density at radius 1 is 1.47 bits per heavy atom. The van der Waals surface area contributed by atoms with Gasteiger partial charge in [0.15, 0.2) is 0 Å². The number of rotatable bonds is 5. The minimum absolute atomic E-state index is 0.286. The van der Waals surface area contributed by atoms with Crippen molar-refractivity contribution in [1.82, 2.24) is 0 Å². The molecule has 2 unspecified atom stereocenters. The third kappa shape index (κ3) is 3.67. The lowest BCUT2D eigenvalue weighted by Crippen LogP contribution is -2.31. The van der Waals surface area contributed by atoms with Crippen LogP contribution in [0.5, 0.6) is 0 Å². The average molecular weight is 278 g/mol. The van der Waals surface area contributed by atoms with Crippen molar-refractivity contribution >= 4 is 17.4 Å². The highest BCUT2D eigenvalue weighted by atomic mass is 32.2. The van der Waals surface area contributed by atoms with Crippen LogP contribution in [0.15, 0.2) is 18.2 Å². The van der Waals surface area contributed by atoms with Crippen LogP contribution >= 0.6 is 11.8 Å². The van der Waals surface area contributed by atoms with Crippen LogP contribution in [0, 0.1) is 6.92 Å². The van der Waals surface area contributed by atoms with Crippen LogP contribution in [-0.4, -0.2) is 30.6 Å². The largest absolute Gasteiger partial charge is 0.371 e. The van der Waals surface area contributed by atoms with E-state index in [2.05, 4.69) is 55.8 Å². The quantitative estimate of drug-likeness (QED) is 0.897. The van der Waals surface area contributed by atoms with E-state index in [1.807, 2.05) is 0 Å². The van der Waals surface area contributed by atoms with Crippen LogP contribution in [0.3, 0.4) is 0 Å². The van der Waals surface area contributed by atoms with Gasteiger partial charge in [-0.25, -0.2) is 0 Å². The average Bonchev–Trinajstić information content (AvgIpc) is 2.92. The topological polar surface area (TPSA) is 29.3 Å². The summed E-state index contributed by atoms with van der Waals surface area (Å²) in [5, 5.41) is 0. The van der Waals surface area contributed by atoms with E-state index in [1.165, 1.54) is 34.7 Å². The van der Waals surface area contributed by atoms with E-state index in [0.29, 0.717) is 6.04 Å². The summed E-state index contributed by atoms with van der Waals surface area (Å²) in [7, 11) is 2.23. The monoisotopic (exact) mass is 278 g/mol. The van der Waals surface area contributed by atoms with Gasteiger partial charge in [0, 0.05) is 30.6 Å². The van der Waals surface area contributed by atoms with Crippen LogP contribution < -0.4 is 10.6 Å². The van der Waals surface area contributed by atoms with E-state index in [9.17, 15) is 0 Å². The molecule has 1 aromatic carbocycles. The van der Waals surface area contributed by atoms with Crippen molar-refractivity contribution in [2.24, 2.45) is 5.73 Å². The molecule has 2 nitrogen and oxygen atoms in total. The number of thioether (sulfide) groups is 1. The van der Waals surface area contributed by atoms with E-state index < -0.39 is 0 Å². The Kier molecular flexibility index (Phi) is 5.17. The first-order valence-electron chi connectivity index (χ1n) is 7.27. The van der Waals surface area contributed by atoms with E-state index in [1.54, 1.807) is 0 Å². The first-order valence-corrected chi connectivity index (χ1v) is 8.43. The maximum atomic E-state index is 6.04. The molecule has 1 aromatic rings. The third-order valence-corrected chi connectivity index (χ3v) is 5.26. The molecule has 19 heavy (non-hydrogen) atoms. The Balaban J connectivity index is 2.09. The molecule has 106 valence electrons. The van der Waals surface area contributed by atoms with Gasteiger partial charge in [0.25, 0.3) is 0 Å². The zero-order chi connectivity index (χ0) is 13.8. The Bertz CT molecular complexity index is 413. The highest BCUT2D eigenvalue weighted by Gasteiger charge is 2.21. The molecule has 0 aliphatic carbocycles. The highest BCUT2D eigenvalue weighted by molar-refractivity contribution is 7.99. The SMILES string of the molecule is CCC(N)Cc1ccc(N(C)C2CCSC2)c(C)c1. The summed E-state index contributed by atoms with van der Waals surface area (Å²) in [4.78, 5) is 2.46. The second-order valence-electron chi connectivity index (χ2n) is 5.62. The molecule has 0 spiro atoms. The number of hydrogen-bond donors (Lipinski definition) is 1. The Morgan fingerprint density at radius 3 is 2.84 bits per heavy atom. The number of aryl methyl sites for hydroxylation is 1. The molecule has 3 heteroatoms. The molecular weight excluding hydrogens is 252 g/mol. The van der Waals surface area contributed by atoms with E-state index in [0.717, 1.165) is 12.8 Å². The first kappa shape index (κ1) is 14.7. The highest BCUT2D eigenvalue weighted by Crippen LogP contribution is 2.28. The van der Waals surface area contributed by atoms with Gasteiger partial charge in [-0.15, -0.1) is 0 Å². The number of nitrogens with zero attached hydrogens (tertiary/aromatic N) is 1. The van der Waals surface area contributed by atoms with Crippen molar-refractivity contribution in [3.63, 3.8) is 0 Å². The summed E-state index contributed by atoms with van der Waals surface area (Å²) < 4.78 is 0. The van der Waals surface area contributed by atoms with Gasteiger partial charge < -0.3 is 10.6 Å². The third-order valence-electron chi connectivity index (χ3n) is 4.12. The summed E-state index contributed by atoms with van der Waals surface area (Å²) >= 11 is 2.07. The lowest BCUT2D eigenvalue weighted by Gasteiger charge is -2.28. The molecule has 0 amide bonds. The van der Waals surface area contributed by atoms with Crippen LogP contribution in [0.1, 0.15) is 30.9 Å². The summed E-state index contributed by atoms with van der Waals surface area (Å²) in [6, 6.07) is 7.82. The molecule has 2 atom stereocenters.